The molecule has 0 aliphatic carbocycles. The van der Waals surface area contributed by atoms with Gasteiger partial charge in [-0.25, -0.2) is 9.18 Å². The molecule has 0 aliphatic heterocycles. The van der Waals surface area contributed by atoms with Crippen LogP contribution in [0, 0.1) is 5.82 Å². The van der Waals surface area contributed by atoms with Crippen molar-refractivity contribution in [1.29, 1.82) is 0 Å². The summed E-state index contributed by atoms with van der Waals surface area (Å²) < 4.78 is 21.3. The molecule has 0 radical (unpaired) electrons. The smallest absolute Gasteiger partial charge is 0.333 e. The van der Waals surface area contributed by atoms with Gasteiger partial charge in [-0.2, -0.15) is 5.11 Å². The van der Waals surface area contributed by atoms with Crippen molar-refractivity contribution in [2.45, 2.75) is 40.0 Å². The van der Waals surface area contributed by atoms with Gasteiger partial charge in [0.15, 0.2) is 5.82 Å². The first-order chi connectivity index (χ1) is 18.9. The minimum atomic E-state index is -0.408. The second kappa shape index (κ2) is 13.3. The zero-order valence-electron chi connectivity index (χ0n) is 22.7. The Bertz CT molecular complexity index is 1470. The molecule has 1 heterocycles. The fourth-order valence-electron chi connectivity index (χ4n) is 4.29. The molecule has 0 fully saturated rings. The minimum Gasteiger partial charge on any atom is -0.462 e. The van der Waals surface area contributed by atoms with E-state index in [2.05, 4.69) is 53.8 Å². The first kappa shape index (κ1) is 28.2. The summed E-state index contributed by atoms with van der Waals surface area (Å²) in [5.41, 5.74) is 4.19. The summed E-state index contributed by atoms with van der Waals surface area (Å²) in [6, 6.07) is 21.3. The van der Waals surface area contributed by atoms with Gasteiger partial charge in [0.1, 0.15) is 5.69 Å². The van der Waals surface area contributed by atoms with Gasteiger partial charge in [-0.1, -0.05) is 18.7 Å². The zero-order valence-corrected chi connectivity index (χ0v) is 23.6. The third-order valence-corrected chi connectivity index (χ3v) is 7.67. The number of rotatable bonds is 12. The van der Waals surface area contributed by atoms with Gasteiger partial charge in [-0.3, -0.25) is 0 Å². The molecule has 3 aromatic carbocycles. The SMILES string of the molecule is C=C(C)C(=O)OCCCCc1cc2cc(-c3ccc(N=Nc4ccc(N(CC)CC)cc4)c(F)c3)ccc2s1. The molecule has 202 valence electrons. The number of fused-ring (bicyclic) bond motifs is 1. The molecule has 5 nitrogen and oxygen atoms in total. The molecule has 1 aromatic heterocycles. The van der Waals surface area contributed by atoms with Crippen molar-refractivity contribution in [3.05, 3.63) is 89.6 Å². The molecule has 0 N–H and O–H groups in total. The lowest BCUT2D eigenvalue weighted by Crippen LogP contribution is -2.21. The van der Waals surface area contributed by atoms with E-state index in [9.17, 15) is 9.18 Å². The van der Waals surface area contributed by atoms with Crippen molar-refractivity contribution in [1.82, 2.24) is 0 Å². The molecule has 39 heavy (non-hydrogen) atoms. The minimum absolute atomic E-state index is 0.208. The summed E-state index contributed by atoms with van der Waals surface area (Å²) in [6.45, 7) is 11.8. The molecule has 0 bridgehead atoms. The fraction of sp³-hybridized carbons (Fsp3) is 0.281. The Hall–Kier alpha value is -3.84. The van der Waals surface area contributed by atoms with Crippen LogP contribution in [0.3, 0.4) is 0 Å². The van der Waals surface area contributed by atoms with E-state index in [1.54, 1.807) is 24.3 Å². The average Bonchev–Trinajstić information content (AvgIpc) is 3.35. The maximum Gasteiger partial charge on any atom is 0.333 e. The van der Waals surface area contributed by atoms with E-state index in [0.29, 0.717) is 17.9 Å². The number of carbonyl (C=O) groups is 1. The van der Waals surface area contributed by atoms with Gasteiger partial charge in [0.2, 0.25) is 0 Å². The number of halogens is 1. The number of aryl methyl sites for hydroxylation is 1. The maximum atomic E-state index is 14.9. The van der Waals surface area contributed by atoms with Crippen molar-refractivity contribution < 1.29 is 13.9 Å². The van der Waals surface area contributed by atoms with Crippen molar-refractivity contribution in [3.63, 3.8) is 0 Å². The van der Waals surface area contributed by atoms with E-state index in [1.165, 1.54) is 15.6 Å². The van der Waals surface area contributed by atoms with Crippen molar-refractivity contribution in [3.8, 4) is 11.1 Å². The molecule has 0 atom stereocenters. The van der Waals surface area contributed by atoms with Crippen LogP contribution in [0.4, 0.5) is 21.5 Å². The molecule has 4 aromatic rings. The van der Waals surface area contributed by atoms with Gasteiger partial charge in [-0.05, 0) is 111 Å². The van der Waals surface area contributed by atoms with Gasteiger partial charge in [0.05, 0.1) is 12.3 Å². The Morgan fingerprint density at radius 2 is 1.67 bits per heavy atom. The number of ether oxygens (including phenoxy) is 1. The molecule has 0 saturated carbocycles. The van der Waals surface area contributed by atoms with Crippen LogP contribution in [0.5, 0.6) is 0 Å². The van der Waals surface area contributed by atoms with Gasteiger partial charge in [0.25, 0.3) is 0 Å². The lowest BCUT2D eigenvalue weighted by atomic mass is 10.0. The summed E-state index contributed by atoms with van der Waals surface area (Å²) >= 11 is 1.76. The lowest BCUT2D eigenvalue weighted by Gasteiger charge is -2.20. The second-order valence-electron chi connectivity index (χ2n) is 9.39. The number of nitrogens with zero attached hydrogens (tertiary/aromatic N) is 3. The van der Waals surface area contributed by atoms with Crippen LogP contribution in [-0.4, -0.2) is 25.7 Å². The van der Waals surface area contributed by atoms with Crippen molar-refractivity contribution >= 4 is 44.5 Å². The van der Waals surface area contributed by atoms with E-state index in [0.717, 1.165) is 54.6 Å². The molecule has 4 rings (SSSR count). The average molecular weight is 544 g/mol. The topological polar surface area (TPSA) is 54.3 Å². The summed E-state index contributed by atoms with van der Waals surface area (Å²) in [7, 11) is 0. The third kappa shape index (κ3) is 7.39. The van der Waals surface area contributed by atoms with Gasteiger partial charge < -0.3 is 9.64 Å². The number of hydrogen-bond donors (Lipinski definition) is 0. The molecule has 0 unspecified atom stereocenters. The number of benzene rings is 3. The predicted octanol–water partition coefficient (Wildman–Crippen LogP) is 9.41. The summed E-state index contributed by atoms with van der Waals surface area (Å²) in [6.07, 6.45) is 2.67. The highest BCUT2D eigenvalue weighted by molar-refractivity contribution is 7.19. The molecule has 0 saturated heterocycles. The van der Waals surface area contributed by atoms with Crippen LogP contribution in [-0.2, 0) is 16.0 Å². The number of anilines is 1. The highest BCUT2D eigenvalue weighted by Gasteiger charge is 2.09. The van der Waals surface area contributed by atoms with Crippen LogP contribution in [0.15, 0.2) is 89.1 Å². The molecule has 7 heteroatoms. The normalized spacial score (nSPS) is 11.3. The van der Waals surface area contributed by atoms with Crippen LogP contribution in [0.2, 0.25) is 0 Å². The number of thiophene rings is 1. The van der Waals surface area contributed by atoms with E-state index < -0.39 is 5.82 Å². The predicted molar refractivity (Wildman–Crippen MR) is 160 cm³/mol. The molecule has 0 aliphatic rings. The Balaban J connectivity index is 1.39. The Kier molecular flexibility index (Phi) is 9.60. The first-order valence-electron chi connectivity index (χ1n) is 13.3. The monoisotopic (exact) mass is 543 g/mol. The molecule has 0 spiro atoms. The summed E-state index contributed by atoms with van der Waals surface area (Å²) in [4.78, 5) is 15.0. The quantitative estimate of drug-likeness (QED) is 0.0774. The molecule has 0 amide bonds. The summed E-state index contributed by atoms with van der Waals surface area (Å²) in [5.74, 6) is -0.743. The number of unbranched alkanes of at least 4 members (excludes halogenated alkanes) is 1. The van der Waals surface area contributed by atoms with E-state index in [4.69, 9.17) is 4.74 Å². The van der Waals surface area contributed by atoms with E-state index in [-0.39, 0.29) is 11.7 Å². The highest BCUT2D eigenvalue weighted by Crippen LogP contribution is 2.33. The van der Waals surface area contributed by atoms with Crippen molar-refractivity contribution in [2.24, 2.45) is 10.2 Å². The van der Waals surface area contributed by atoms with Crippen LogP contribution >= 0.6 is 11.3 Å². The third-order valence-electron chi connectivity index (χ3n) is 6.50. The van der Waals surface area contributed by atoms with Gasteiger partial charge in [0, 0.05) is 33.9 Å². The molecular weight excluding hydrogens is 509 g/mol. The largest absolute Gasteiger partial charge is 0.462 e. The Morgan fingerprint density at radius 3 is 2.36 bits per heavy atom. The second-order valence-corrected chi connectivity index (χ2v) is 10.6. The van der Waals surface area contributed by atoms with Crippen LogP contribution in [0.25, 0.3) is 21.2 Å². The van der Waals surface area contributed by atoms with E-state index >= 15 is 0 Å². The number of carbonyl (C=O) groups excluding carboxylic acids is 1. The van der Waals surface area contributed by atoms with E-state index in [1.807, 2.05) is 36.4 Å². The maximum absolute atomic E-state index is 14.9. The fourth-order valence-corrected chi connectivity index (χ4v) is 5.38. The van der Waals surface area contributed by atoms with Crippen LogP contribution in [0.1, 0.15) is 38.5 Å². The number of azo groups is 1. The van der Waals surface area contributed by atoms with Crippen molar-refractivity contribution in [2.75, 3.05) is 24.6 Å². The summed E-state index contributed by atoms with van der Waals surface area (Å²) in [5, 5.41) is 9.51. The van der Waals surface area contributed by atoms with Gasteiger partial charge in [-0.15, -0.1) is 16.5 Å². The Morgan fingerprint density at radius 1 is 0.949 bits per heavy atom. The van der Waals surface area contributed by atoms with Crippen LogP contribution < -0.4 is 4.90 Å². The lowest BCUT2D eigenvalue weighted by molar-refractivity contribution is -0.139. The standard InChI is InChI=1S/C32H34FN3O2S/c1-5-36(6-2)27-14-12-26(13-15-27)34-35-30-16-10-24(21-29(30)33)23-11-17-31-25(19-23)20-28(39-31)9-7-8-18-38-32(37)22(3)4/h10-17,19-21H,3,5-9,18H2,1-2,4H3. The first-order valence-corrected chi connectivity index (χ1v) is 14.1. The highest BCUT2D eigenvalue weighted by atomic mass is 32.1. The molecular formula is C32H34FN3O2S. The zero-order chi connectivity index (χ0) is 27.8. The number of esters is 1. The number of hydrogen-bond acceptors (Lipinski definition) is 6. The Labute approximate surface area is 233 Å². The van der Waals surface area contributed by atoms with Gasteiger partial charge >= 0.3 is 5.97 Å².